The van der Waals surface area contributed by atoms with Gasteiger partial charge < -0.3 is 9.88 Å². The molecule has 144 valence electrons. The number of carbonyl (C=O) groups excluding carboxylic acids is 1. The fourth-order valence-electron chi connectivity index (χ4n) is 3.31. The van der Waals surface area contributed by atoms with Crippen molar-refractivity contribution in [2.75, 3.05) is 5.75 Å². The Kier molecular flexibility index (Phi) is 4.50. The van der Waals surface area contributed by atoms with Gasteiger partial charge in [-0.05, 0) is 36.8 Å². The van der Waals surface area contributed by atoms with Gasteiger partial charge in [0.2, 0.25) is 15.0 Å². The Hall–Kier alpha value is -3.00. The summed E-state index contributed by atoms with van der Waals surface area (Å²) in [5.41, 5.74) is 1.81. The first-order chi connectivity index (χ1) is 13.4. The Morgan fingerprint density at radius 2 is 1.82 bits per heavy atom. The molecule has 0 fully saturated rings. The predicted octanol–water partition coefficient (Wildman–Crippen LogP) is 2.97. The minimum atomic E-state index is -3.54. The van der Waals surface area contributed by atoms with Gasteiger partial charge in [0, 0.05) is 12.1 Å². The van der Waals surface area contributed by atoms with Crippen LogP contribution in [0.3, 0.4) is 0 Å². The van der Waals surface area contributed by atoms with E-state index >= 15 is 0 Å². The van der Waals surface area contributed by atoms with E-state index < -0.39 is 21.6 Å². The zero-order valence-electron chi connectivity index (χ0n) is 15.1. The van der Waals surface area contributed by atoms with Gasteiger partial charge in [-0.15, -0.1) is 0 Å². The SMILES string of the molecule is CC(NC(=O)c1c(-c2ccc(F)cc2)nc2n1CCS2(=O)=O)c1ccccc1. The number of halogens is 1. The van der Waals surface area contributed by atoms with Crippen LogP contribution < -0.4 is 5.32 Å². The smallest absolute Gasteiger partial charge is 0.270 e. The molecule has 0 spiro atoms. The first kappa shape index (κ1) is 18.4. The second-order valence-corrected chi connectivity index (χ2v) is 8.68. The van der Waals surface area contributed by atoms with Crippen LogP contribution in [0.5, 0.6) is 0 Å². The molecule has 4 rings (SSSR count). The summed E-state index contributed by atoms with van der Waals surface area (Å²) in [5.74, 6) is -0.938. The van der Waals surface area contributed by atoms with Gasteiger partial charge in [-0.25, -0.2) is 17.8 Å². The van der Waals surface area contributed by atoms with E-state index in [4.69, 9.17) is 0 Å². The lowest BCUT2D eigenvalue weighted by atomic mass is 10.1. The molecule has 2 heterocycles. The lowest BCUT2D eigenvalue weighted by Crippen LogP contribution is -2.29. The third-order valence-corrected chi connectivity index (χ3v) is 6.36. The first-order valence-electron chi connectivity index (χ1n) is 8.82. The average Bonchev–Trinajstić information content (AvgIpc) is 3.21. The monoisotopic (exact) mass is 399 g/mol. The summed E-state index contributed by atoms with van der Waals surface area (Å²) in [6, 6.07) is 14.6. The number of fused-ring (bicyclic) bond motifs is 1. The lowest BCUT2D eigenvalue weighted by molar-refractivity contribution is 0.0931. The minimum absolute atomic E-state index is 0.0897. The number of imidazole rings is 1. The van der Waals surface area contributed by atoms with Crippen LogP contribution in [-0.2, 0) is 16.4 Å². The van der Waals surface area contributed by atoms with E-state index in [1.165, 1.54) is 28.8 Å². The van der Waals surface area contributed by atoms with Crippen molar-refractivity contribution in [1.29, 1.82) is 0 Å². The van der Waals surface area contributed by atoms with Crippen LogP contribution in [0.15, 0.2) is 59.8 Å². The number of sulfone groups is 1. The number of amides is 1. The molecule has 3 aromatic rings. The van der Waals surface area contributed by atoms with Crippen LogP contribution >= 0.6 is 0 Å². The average molecular weight is 399 g/mol. The number of rotatable bonds is 4. The number of hydrogen-bond acceptors (Lipinski definition) is 4. The largest absolute Gasteiger partial charge is 0.344 e. The molecule has 0 saturated heterocycles. The van der Waals surface area contributed by atoms with Crippen molar-refractivity contribution >= 4 is 15.7 Å². The normalized spacial score (nSPS) is 15.8. The number of benzene rings is 2. The van der Waals surface area contributed by atoms with Gasteiger partial charge in [-0.1, -0.05) is 30.3 Å². The minimum Gasteiger partial charge on any atom is -0.344 e. The third kappa shape index (κ3) is 3.20. The number of carbonyl (C=O) groups is 1. The van der Waals surface area contributed by atoms with Crippen molar-refractivity contribution in [3.8, 4) is 11.3 Å². The summed E-state index contributed by atoms with van der Waals surface area (Å²) in [6.45, 7) is 2.01. The van der Waals surface area contributed by atoms with E-state index in [-0.39, 0.29) is 34.9 Å². The quantitative estimate of drug-likeness (QED) is 0.731. The highest BCUT2D eigenvalue weighted by molar-refractivity contribution is 7.91. The number of nitrogens with one attached hydrogen (secondary N) is 1. The van der Waals surface area contributed by atoms with E-state index in [2.05, 4.69) is 10.3 Å². The topological polar surface area (TPSA) is 81.1 Å². The van der Waals surface area contributed by atoms with Crippen LogP contribution in [-0.4, -0.2) is 29.6 Å². The zero-order chi connectivity index (χ0) is 19.9. The molecule has 1 amide bonds. The zero-order valence-corrected chi connectivity index (χ0v) is 15.9. The summed E-state index contributed by atoms with van der Waals surface area (Å²) < 4.78 is 39.3. The van der Waals surface area contributed by atoms with Crippen LogP contribution in [0.4, 0.5) is 4.39 Å². The second-order valence-electron chi connectivity index (χ2n) is 6.67. The molecule has 1 aromatic heterocycles. The molecule has 8 heteroatoms. The number of nitrogens with zero attached hydrogens (tertiary/aromatic N) is 2. The van der Waals surface area contributed by atoms with Crippen molar-refractivity contribution in [1.82, 2.24) is 14.9 Å². The maximum atomic E-state index is 13.3. The molecular weight excluding hydrogens is 381 g/mol. The van der Waals surface area contributed by atoms with Crippen LogP contribution in [0, 0.1) is 5.82 Å². The summed E-state index contributed by atoms with van der Waals surface area (Å²) in [6.07, 6.45) is 0. The van der Waals surface area contributed by atoms with Crippen molar-refractivity contribution in [2.24, 2.45) is 0 Å². The fraction of sp³-hybridized carbons (Fsp3) is 0.200. The predicted molar refractivity (Wildman–Crippen MR) is 102 cm³/mol. The summed E-state index contributed by atoms with van der Waals surface area (Å²) in [5, 5.41) is 2.79. The lowest BCUT2D eigenvalue weighted by Gasteiger charge is -2.15. The van der Waals surface area contributed by atoms with E-state index in [1.54, 1.807) is 0 Å². The molecule has 0 bridgehead atoms. The highest BCUT2D eigenvalue weighted by Crippen LogP contribution is 2.30. The molecule has 0 aliphatic carbocycles. The maximum Gasteiger partial charge on any atom is 0.270 e. The van der Waals surface area contributed by atoms with Crippen molar-refractivity contribution in [3.63, 3.8) is 0 Å². The molecule has 0 radical (unpaired) electrons. The van der Waals surface area contributed by atoms with E-state index in [9.17, 15) is 17.6 Å². The standard InChI is InChI=1S/C20H18FN3O3S/c1-13(14-5-3-2-4-6-14)22-19(25)18-17(15-7-9-16(21)10-8-15)23-20-24(18)11-12-28(20,26)27/h2-10,13H,11-12H2,1H3,(H,22,25). The summed E-state index contributed by atoms with van der Waals surface area (Å²) in [4.78, 5) is 17.3. The molecular formula is C20H18FN3O3S. The van der Waals surface area contributed by atoms with E-state index in [0.717, 1.165) is 5.56 Å². The molecule has 28 heavy (non-hydrogen) atoms. The highest BCUT2D eigenvalue weighted by atomic mass is 32.2. The Morgan fingerprint density at radius 1 is 1.14 bits per heavy atom. The molecule has 1 atom stereocenters. The number of aromatic nitrogens is 2. The summed E-state index contributed by atoms with van der Waals surface area (Å²) in [7, 11) is -3.54. The Morgan fingerprint density at radius 3 is 2.50 bits per heavy atom. The number of hydrogen-bond donors (Lipinski definition) is 1. The van der Waals surface area contributed by atoms with Crippen LogP contribution in [0.2, 0.25) is 0 Å². The summed E-state index contributed by atoms with van der Waals surface area (Å²) >= 11 is 0. The molecule has 1 aliphatic rings. The van der Waals surface area contributed by atoms with Gasteiger partial charge in [0.25, 0.3) is 5.91 Å². The van der Waals surface area contributed by atoms with Crippen LogP contribution in [0.1, 0.15) is 29.0 Å². The molecule has 1 aliphatic heterocycles. The van der Waals surface area contributed by atoms with Crippen molar-refractivity contribution < 1.29 is 17.6 Å². The Balaban J connectivity index is 1.77. The van der Waals surface area contributed by atoms with E-state index in [1.807, 2.05) is 37.3 Å². The Bertz CT molecular complexity index is 1140. The molecule has 2 aromatic carbocycles. The van der Waals surface area contributed by atoms with Gasteiger partial charge in [0.05, 0.1) is 11.8 Å². The Labute approximate surface area is 162 Å². The maximum absolute atomic E-state index is 13.3. The van der Waals surface area contributed by atoms with E-state index in [0.29, 0.717) is 5.56 Å². The molecule has 6 nitrogen and oxygen atoms in total. The fourth-order valence-corrected chi connectivity index (χ4v) is 4.66. The third-order valence-electron chi connectivity index (χ3n) is 4.77. The molecule has 1 unspecified atom stereocenters. The first-order valence-corrected chi connectivity index (χ1v) is 10.5. The van der Waals surface area contributed by atoms with Gasteiger partial charge in [0.15, 0.2) is 0 Å². The van der Waals surface area contributed by atoms with Gasteiger partial charge in [-0.3, -0.25) is 4.79 Å². The van der Waals surface area contributed by atoms with Crippen molar-refractivity contribution in [2.45, 2.75) is 24.7 Å². The second kappa shape index (κ2) is 6.87. The highest BCUT2D eigenvalue weighted by Gasteiger charge is 2.35. The van der Waals surface area contributed by atoms with Gasteiger partial charge in [-0.2, -0.15) is 0 Å². The molecule has 1 N–H and O–H groups in total. The van der Waals surface area contributed by atoms with Gasteiger partial charge in [0.1, 0.15) is 17.2 Å². The van der Waals surface area contributed by atoms with Crippen LogP contribution in [0.25, 0.3) is 11.3 Å². The van der Waals surface area contributed by atoms with Crippen molar-refractivity contribution in [3.05, 3.63) is 71.7 Å². The van der Waals surface area contributed by atoms with Gasteiger partial charge >= 0.3 is 0 Å². The molecule has 0 saturated carbocycles.